The molecule has 2 aliphatic rings. The van der Waals surface area contributed by atoms with Gasteiger partial charge in [-0.1, -0.05) is 24.3 Å². The van der Waals surface area contributed by atoms with Gasteiger partial charge >= 0.3 is 11.6 Å². The van der Waals surface area contributed by atoms with Crippen molar-refractivity contribution in [1.29, 1.82) is 0 Å². The highest BCUT2D eigenvalue weighted by Crippen LogP contribution is 2.37. The lowest BCUT2D eigenvalue weighted by molar-refractivity contribution is -0.390. The van der Waals surface area contributed by atoms with E-state index in [1.54, 1.807) is 47.9 Å². The van der Waals surface area contributed by atoms with Crippen molar-refractivity contribution in [2.45, 2.75) is 57.7 Å². The van der Waals surface area contributed by atoms with Crippen LogP contribution in [0.1, 0.15) is 63.5 Å². The summed E-state index contributed by atoms with van der Waals surface area (Å²) in [4.78, 5) is 44.7. The third-order valence-electron chi connectivity index (χ3n) is 10.2. The molecule has 2 aliphatic heterocycles. The number of aryl methyl sites for hydroxylation is 1. The predicted molar refractivity (Wildman–Crippen MR) is 238 cm³/mol. The van der Waals surface area contributed by atoms with E-state index in [-0.39, 0.29) is 48.0 Å². The second kappa shape index (κ2) is 22.1. The van der Waals surface area contributed by atoms with Crippen LogP contribution in [-0.4, -0.2) is 79.9 Å². The van der Waals surface area contributed by atoms with Crippen molar-refractivity contribution in [1.82, 2.24) is 29.7 Å². The fraction of sp³-hybridized carbons (Fsp3) is 0.349. The maximum Gasteiger partial charge on any atom is 0.406 e. The molecule has 0 aliphatic carbocycles. The number of thiazole rings is 2. The zero-order chi connectivity index (χ0) is 44.2. The van der Waals surface area contributed by atoms with Crippen molar-refractivity contribution in [2.24, 2.45) is 0 Å². The molecule has 2 aromatic carbocycles. The minimum absolute atomic E-state index is 0.0590. The molecule has 0 radical (unpaired) electrons. The monoisotopic (exact) mass is 950 g/mol. The molecule has 0 spiro atoms. The summed E-state index contributed by atoms with van der Waals surface area (Å²) in [6.07, 6.45) is 11.3. The van der Waals surface area contributed by atoms with Crippen LogP contribution in [0.25, 0.3) is 10.4 Å². The first-order chi connectivity index (χ1) is 29.8. The van der Waals surface area contributed by atoms with Crippen molar-refractivity contribution in [3.05, 3.63) is 148 Å². The van der Waals surface area contributed by atoms with E-state index in [4.69, 9.17) is 9.47 Å². The molecular formula is C43H45BrF2N8O6S2. The Bertz CT molecular complexity index is 2410. The molecule has 326 valence electrons. The van der Waals surface area contributed by atoms with Crippen LogP contribution in [0.2, 0.25) is 0 Å². The topological polar surface area (TPSA) is 163 Å². The number of benzene rings is 2. The first kappa shape index (κ1) is 46.2. The molecule has 0 atom stereocenters. The minimum Gasteiger partial charge on any atom is -0.481 e. The van der Waals surface area contributed by atoms with Gasteiger partial charge in [0.1, 0.15) is 31.0 Å². The number of piperidine rings is 2. The largest absolute Gasteiger partial charge is 0.481 e. The van der Waals surface area contributed by atoms with Crippen LogP contribution in [0.15, 0.2) is 89.9 Å². The number of hydrogen-bond donors (Lipinski definition) is 0. The standard InChI is InChI=1S/C21H21FN4O3S.C12H8BrFN2O3.C10H16N2S/c1-25-8-6-15(7-9-25)21-24-12-19(30-21)16-10-18(20(23-11-16)26(27)28)29-13-14-2-4-17(22)5-3-14;13-9-5-11(12(15-6-9)16(17)18)19-7-8-1-3-10(14)4-2-8;1-8-7-11-10(13-8)9-3-5-12(2)6-4-9/h2-5,10-12,15H,6-9,13H2,1H3;1-6H,7H2;7,9H,3-6H2,1-2H3. The van der Waals surface area contributed by atoms with Crippen LogP contribution in [0.5, 0.6) is 11.5 Å². The van der Waals surface area contributed by atoms with Crippen LogP contribution >= 0.6 is 38.6 Å². The van der Waals surface area contributed by atoms with E-state index in [1.165, 1.54) is 78.5 Å². The van der Waals surface area contributed by atoms with Gasteiger partial charge in [0.25, 0.3) is 0 Å². The molecule has 6 aromatic rings. The molecule has 0 amide bonds. The number of halogens is 3. The Hall–Kier alpha value is -5.34. The Morgan fingerprint density at radius 1 is 0.677 bits per heavy atom. The smallest absolute Gasteiger partial charge is 0.406 e. The average Bonchev–Trinajstić information content (AvgIpc) is 3.94. The Morgan fingerprint density at radius 3 is 1.60 bits per heavy atom. The summed E-state index contributed by atoms with van der Waals surface area (Å²) >= 11 is 6.63. The summed E-state index contributed by atoms with van der Waals surface area (Å²) in [5, 5.41) is 24.6. The van der Waals surface area contributed by atoms with Crippen LogP contribution < -0.4 is 9.47 Å². The number of nitro groups is 2. The minimum atomic E-state index is -0.619. The van der Waals surface area contributed by atoms with E-state index >= 15 is 0 Å². The fourth-order valence-corrected chi connectivity index (χ4v) is 8.96. The first-order valence-electron chi connectivity index (χ1n) is 19.8. The maximum absolute atomic E-state index is 13.1. The lowest BCUT2D eigenvalue weighted by Crippen LogP contribution is -2.29. The molecule has 4 aromatic heterocycles. The molecule has 0 N–H and O–H groups in total. The van der Waals surface area contributed by atoms with Crippen molar-refractivity contribution >= 4 is 50.2 Å². The van der Waals surface area contributed by atoms with Crippen molar-refractivity contribution in [2.75, 3.05) is 40.3 Å². The van der Waals surface area contributed by atoms with Gasteiger partial charge in [-0.3, -0.25) is 0 Å². The van der Waals surface area contributed by atoms with E-state index < -0.39 is 9.85 Å². The fourth-order valence-electron chi connectivity index (χ4n) is 6.64. The molecule has 0 bridgehead atoms. The normalized spacial score (nSPS) is 14.9. The van der Waals surface area contributed by atoms with E-state index in [1.807, 2.05) is 17.5 Å². The summed E-state index contributed by atoms with van der Waals surface area (Å²) in [5.74, 6) is -0.0843. The SMILES string of the molecule is CN1CCC(c2ncc(-c3cnc([N+](=O)[O-])c(OCc4ccc(F)cc4)c3)s2)CC1.Cc1cnc(C2CCN(C)CC2)s1.O=[N+]([O-])c1ncc(Br)cc1OCc1ccc(F)cc1. The summed E-state index contributed by atoms with van der Waals surface area (Å²) in [6.45, 7) is 6.87. The summed E-state index contributed by atoms with van der Waals surface area (Å²) in [6, 6.07) is 14.6. The maximum atomic E-state index is 13.1. The predicted octanol–water partition coefficient (Wildman–Crippen LogP) is 10.4. The van der Waals surface area contributed by atoms with Gasteiger partial charge in [-0.2, -0.15) is 0 Å². The van der Waals surface area contributed by atoms with E-state index in [2.05, 4.69) is 66.7 Å². The zero-order valence-electron chi connectivity index (χ0n) is 34.3. The highest BCUT2D eigenvalue weighted by Gasteiger charge is 2.24. The number of likely N-dealkylation sites (tertiary alicyclic amines) is 2. The third kappa shape index (κ3) is 13.3. The number of ether oxygens (including phenoxy) is 2. The quantitative estimate of drug-likeness (QED) is 0.0894. The molecule has 0 unspecified atom stereocenters. The summed E-state index contributed by atoms with van der Waals surface area (Å²) < 4.78 is 37.4. The van der Waals surface area contributed by atoms with Crippen LogP contribution in [0, 0.1) is 38.8 Å². The summed E-state index contributed by atoms with van der Waals surface area (Å²) in [7, 11) is 4.32. The van der Waals surface area contributed by atoms with Crippen molar-refractivity contribution in [3.63, 3.8) is 0 Å². The highest BCUT2D eigenvalue weighted by molar-refractivity contribution is 9.10. The lowest BCUT2D eigenvalue weighted by atomic mass is 9.98. The van der Waals surface area contributed by atoms with Gasteiger partial charge in [-0.25, -0.2) is 18.7 Å². The Kier molecular flexibility index (Phi) is 16.5. The molecule has 14 nitrogen and oxygen atoms in total. The molecule has 2 saturated heterocycles. The Labute approximate surface area is 374 Å². The van der Waals surface area contributed by atoms with Gasteiger partial charge in [-0.05, 0) is 144 Å². The third-order valence-corrected chi connectivity index (χ3v) is 12.9. The molecule has 62 heavy (non-hydrogen) atoms. The highest BCUT2D eigenvalue weighted by atomic mass is 79.9. The van der Waals surface area contributed by atoms with Crippen molar-refractivity contribution in [3.8, 4) is 21.9 Å². The van der Waals surface area contributed by atoms with Gasteiger partial charge in [-0.15, -0.1) is 22.7 Å². The molecular weight excluding hydrogens is 907 g/mol. The number of pyridine rings is 2. The Morgan fingerprint density at radius 2 is 1.13 bits per heavy atom. The van der Waals surface area contributed by atoms with Crippen LogP contribution in [0.3, 0.4) is 0 Å². The van der Waals surface area contributed by atoms with E-state index in [9.17, 15) is 29.0 Å². The van der Waals surface area contributed by atoms with Gasteiger partial charge in [0.15, 0.2) is 6.20 Å². The van der Waals surface area contributed by atoms with Crippen LogP contribution in [0.4, 0.5) is 20.4 Å². The van der Waals surface area contributed by atoms with Gasteiger partial charge in [0.2, 0.25) is 11.5 Å². The number of hydrogen-bond acceptors (Lipinski definition) is 14. The van der Waals surface area contributed by atoms with Gasteiger partial charge < -0.3 is 39.5 Å². The van der Waals surface area contributed by atoms with Gasteiger partial charge in [0, 0.05) is 46.8 Å². The summed E-state index contributed by atoms with van der Waals surface area (Å²) in [5.41, 5.74) is 2.14. The first-order valence-corrected chi connectivity index (χ1v) is 22.2. The van der Waals surface area contributed by atoms with Crippen molar-refractivity contribution < 1.29 is 28.1 Å². The Balaban J connectivity index is 0.000000171. The zero-order valence-corrected chi connectivity index (χ0v) is 37.5. The lowest BCUT2D eigenvalue weighted by Gasteiger charge is -2.27. The van der Waals surface area contributed by atoms with Crippen LogP contribution in [-0.2, 0) is 13.2 Å². The number of rotatable bonds is 11. The second-order valence-electron chi connectivity index (χ2n) is 14.9. The molecule has 19 heteroatoms. The molecule has 0 saturated carbocycles. The molecule has 2 fully saturated rings. The number of aromatic nitrogens is 4. The van der Waals surface area contributed by atoms with Gasteiger partial charge in [0.05, 0.1) is 19.4 Å². The molecule has 8 rings (SSSR count). The van der Waals surface area contributed by atoms with E-state index in [0.29, 0.717) is 21.5 Å². The second-order valence-corrected chi connectivity index (χ2v) is 18.1. The van der Waals surface area contributed by atoms with E-state index in [0.717, 1.165) is 47.3 Å². The molecule has 6 heterocycles. The number of nitrogens with zero attached hydrogens (tertiary/aromatic N) is 8. The average molecular weight is 952 g/mol.